The largest absolute Gasteiger partial charge is 0.496 e. The van der Waals surface area contributed by atoms with Crippen LogP contribution in [-0.2, 0) is 0 Å². The molecule has 2 N–H and O–H groups in total. The van der Waals surface area contributed by atoms with Crippen LogP contribution in [0.15, 0.2) is 53.1 Å². The van der Waals surface area contributed by atoms with Crippen LogP contribution in [-0.4, -0.2) is 12.3 Å². The second-order valence-corrected chi connectivity index (χ2v) is 4.92. The van der Waals surface area contributed by atoms with Crippen LogP contribution in [0.5, 0.6) is 5.75 Å². The SMILES string of the molecule is COc1ccccc1-c1c(N)noc1-c1cccc(Cl)c1. The highest BCUT2D eigenvalue weighted by atomic mass is 35.5. The minimum atomic E-state index is 0.314. The molecule has 21 heavy (non-hydrogen) atoms. The number of para-hydroxylation sites is 1. The zero-order chi connectivity index (χ0) is 14.8. The molecule has 5 heteroatoms. The third-order valence-corrected chi connectivity index (χ3v) is 3.42. The van der Waals surface area contributed by atoms with E-state index in [4.69, 9.17) is 26.6 Å². The van der Waals surface area contributed by atoms with Gasteiger partial charge >= 0.3 is 0 Å². The molecule has 4 nitrogen and oxygen atoms in total. The summed E-state index contributed by atoms with van der Waals surface area (Å²) in [4.78, 5) is 0. The first-order valence-electron chi connectivity index (χ1n) is 6.35. The molecule has 0 amide bonds. The molecule has 0 saturated heterocycles. The van der Waals surface area contributed by atoms with E-state index >= 15 is 0 Å². The first-order valence-corrected chi connectivity index (χ1v) is 6.73. The molecule has 0 aliphatic heterocycles. The molecule has 2 aromatic carbocycles. The van der Waals surface area contributed by atoms with Gasteiger partial charge < -0.3 is 15.0 Å². The van der Waals surface area contributed by atoms with Gasteiger partial charge in [0, 0.05) is 16.1 Å². The van der Waals surface area contributed by atoms with E-state index < -0.39 is 0 Å². The second-order valence-electron chi connectivity index (χ2n) is 4.48. The number of nitrogen functional groups attached to an aromatic ring is 1. The fraction of sp³-hybridized carbons (Fsp3) is 0.0625. The van der Waals surface area contributed by atoms with Gasteiger partial charge in [-0.05, 0) is 18.2 Å². The molecule has 0 aliphatic carbocycles. The lowest BCUT2D eigenvalue weighted by Crippen LogP contribution is -1.92. The Morgan fingerprint density at radius 2 is 1.95 bits per heavy atom. The Hall–Kier alpha value is -2.46. The number of methoxy groups -OCH3 is 1. The van der Waals surface area contributed by atoms with E-state index in [1.807, 2.05) is 36.4 Å². The van der Waals surface area contributed by atoms with Crippen LogP contribution >= 0.6 is 11.6 Å². The number of halogens is 1. The number of hydrogen-bond donors (Lipinski definition) is 1. The first-order chi connectivity index (χ1) is 10.2. The predicted molar refractivity (Wildman–Crippen MR) is 83.3 cm³/mol. The van der Waals surface area contributed by atoms with Crippen LogP contribution in [0, 0.1) is 0 Å². The van der Waals surface area contributed by atoms with E-state index in [1.54, 1.807) is 19.2 Å². The summed E-state index contributed by atoms with van der Waals surface area (Å²) in [7, 11) is 1.61. The summed E-state index contributed by atoms with van der Waals surface area (Å²) in [5.41, 5.74) is 8.32. The highest BCUT2D eigenvalue weighted by molar-refractivity contribution is 6.30. The molecule has 0 spiro atoms. The van der Waals surface area contributed by atoms with Crippen molar-refractivity contribution in [2.75, 3.05) is 12.8 Å². The van der Waals surface area contributed by atoms with Crippen LogP contribution < -0.4 is 10.5 Å². The molecule has 106 valence electrons. The average Bonchev–Trinajstić information content (AvgIpc) is 2.89. The molecule has 3 rings (SSSR count). The summed E-state index contributed by atoms with van der Waals surface area (Å²) in [6, 6.07) is 14.9. The van der Waals surface area contributed by atoms with Gasteiger partial charge in [-0.2, -0.15) is 0 Å². The number of benzene rings is 2. The lowest BCUT2D eigenvalue weighted by molar-refractivity contribution is 0.416. The molecule has 1 aromatic heterocycles. The highest BCUT2D eigenvalue weighted by Gasteiger charge is 2.20. The molecule has 0 bridgehead atoms. The summed E-state index contributed by atoms with van der Waals surface area (Å²) in [5, 5.41) is 4.50. The Kier molecular flexibility index (Phi) is 3.54. The Bertz CT molecular complexity index is 783. The fourth-order valence-electron chi connectivity index (χ4n) is 2.24. The van der Waals surface area contributed by atoms with Crippen molar-refractivity contribution in [2.24, 2.45) is 0 Å². The van der Waals surface area contributed by atoms with Gasteiger partial charge in [-0.25, -0.2) is 0 Å². The van der Waals surface area contributed by atoms with Crippen LogP contribution in [0.4, 0.5) is 5.82 Å². The highest BCUT2D eigenvalue weighted by Crippen LogP contribution is 2.41. The zero-order valence-corrected chi connectivity index (χ0v) is 12.1. The Morgan fingerprint density at radius 1 is 1.14 bits per heavy atom. The maximum absolute atomic E-state index is 6.04. The van der Waals surface area contributed by atoms with Crippen molar-refractivity contribution in [1.29, 1.82) is 0 Å². The van der Waals surface area contributed by atoms with E-state index in [-0.39, 0.29) is 0 Å². The lowest BCUT2D eigenvalue weighted by Gasteiger charge is -2.08. The Balaban J connectivity index is 2.22. The van der Waals surface area contributed by atoms with Crippen molar-refractivity contribution in [3.63, 3.8) is 0 Å². The van der Waals surface area contributed by atoms with Crippen molar-refractivity contribution in [3.05, 3.63) is 53.6 Å². The van der Waals surface area contributed by atoms with E-state index in [9.17, 15) is 0 Å². The minimum absolute atomic E-state index is 0.314. The predicted octanol–water partition coefficient (Wildman–Crippen LogP) is 4.25. The maximum atomic E-state index is 6.04. The van der Waals surface area contributed by atoms with Crippen LogP contribution in [0.1, 0.15) is 0 Å². The van der Waals surface area contributed by atoms with Gasteiger partial charge in [0.1, 0.15) is 5.75 Å². The average molecular weight is 301 g/mol. The molecular weight excluding hydrogens is 288 g/mol. The molecule has 0 fully saturated rings. The Morgan fingerprint density at radius 3 is 2.71 bits per heavy atom. The molecule has 0 atom stereocenters. The van der Waals surface area contributed by atoms with E-state index in [0.717, 1.165) is 11.1 Å². The van der Waals surface area contributed by atoms with Crippen molar-refractivity contribution in [1.82, 2.24) is 5.16 Å². The van der Waals surface area contributed by atoms with Gasteiger partial charge in [0.2, 0.25) is 0 Å². The van der Waals surface area contributed by atoms with Gasteiger partial charge in [-0.3, -0.25) is 0 Å². The first kappa shape index (κ1) is 13.5. The van der Waals surface area contributed by atoms with Gasteiger partial charge in [0.15, 0.2) is 11.6 Å². The molecule has 1 heterocycles. The number of rotatable bonds is 3. The number of anilines is 1. The van der Waals surface area contributed by atoms with E-state index in [0.29, 0.717) is 27.9 Å². The number of nitrogens with zero attached hydrogens (tertiary/aromatic N) is 1. The van der Waals surface area contributed by atoms with Gasteiger partial charge in [-0.1, -0.05) is 47.1 Å². The van der Waals surface area contributed by atoms with Gasteiger partial charge in [0.05, 0.1) is 12.7 Å². The summed E-state index contributed by atoms with van der Waals surface area (Å²) >= 11 is 6.04. The van der Waals surface area contributed by atoms with Crippen LogP contribution in [0.25, 0.3) is 22.5 Å². The topological polar surface area (TPSA) is 61.3 Å². The van der Waals surface area contributed by atoms with E-state index in [1.165, 1.54) is 0 Å². The molecule has 0 saturated carbocycles. The fourth-order valence-corrected chi connectivity index (χ4v) is 2.43. The normalized spacial score (nSPS) is 10.6. The van der Waals surface area contributed by atoms with Gasteiger partial charge in [0.25, 0.3) is 0 Å². The van der Waals surface area contributed by atoms with Crippen molar-refractivity contribution in [3.8, 4) is 28.2 Å². The van der Waals surface area contributed by atoms with Crippen LogP contribution in [0.2, 0.25) is 5.02 Å². The van der Waals surface area contributed by atoms with Crippen LogP contribution in [0.3, 0.4) is 0 Å². The standard InChI is InChI=1S/C16H13ClN2O2/c1-20-13-8-3-2-7-12(13)14-15(21-19-16(14)18)10-5-4-6-11(17)9-10/h2-9H,1H3,(H2,18,19). The van der Waals surface area contributed by atoms with E-state index in [2.05, 4.69) is 5.16 Å². The minimum Gasteiger partial charge on any atom is -0.496 e. The maximum Gasteiger partial charge on any atom is 0.177 e. The summed E-state index contributed by atoms with van der Waals surface area (Å²) in [5.74, 6) is 1.59. The van der Waals surface area contributed by atoms with Crippen molar-refractivity contribution < 1.29 is 9.26 Å². The molecular formula is C16H13ClN2O2. The van der Waals surface area contributed by atoms with Crippen molar-refractivity contribution in [2.45, 2.75) is 0 Å². The lowest BCUT2D eigenvalue weighted by atomic mass is 10.0. The van der Waals surface area contributed by atoms with Crippen molar-refractivity contribution >= 4 is 17.4 Å². The number of ether oxygens (including phenoxy) is 1. The Labute approximate surface area is 127 Å². The number of aromatic nitrogens is 1. The third-order valence-electron chi connectivity index (χ3n) is 3.18. The molecule has 0 unspecified atom stereocenters. The monoisotopic (exact) mass is 300 g/mol. The quantitative estimate of drug-likeness (QED) is 0.785. The van der Waals surface area contributed by atoms with Gasteiger partial charge in [-0.15, -0.1) is 0 Å². The molecule has 0 aliphatic rings. The number of hydrogen-bond acceptors (Lipinski definition) is 4. The third kappa shape index (κ3) is 2.45. The summed E-state index contributed by atoms with van der Waals surface area (Å²) in [6.07, 6.45) is 0. The second kappa shape index (κ2) is 5.50. The smallest absolute Gasteiger partial charge is 0.177 e. The number of nitrogens with two attached hydrogens (primary N) is 1. The summed E-state index contributed by atoms with van der Waals surface area (Å²) < 4.78 is 10.8. The zero-order valence-electron chi connectivity index (χ0n) is 11.3. The molecule has 0 radical (unpaired) electrons. The summed E-state index contributed by atoms with van der Waals surface area (Å²) in [6.45, 7) is 0. The molecule has 3 aromatic rings.